The zero-order valence-electron chi connectivity index (χ0n) is 43.6. The second-order valence-corrected chi connectivity index (χ2v) is 21.6. The molecule has 0 amide bonds. The number of aliphatic hydroxyl groups is 4. The highest BCUT2D eigenvalue weighted by atomic mass is 16.5. The Bertz CT molecular complexity index is 1900. The smallest absolute Gasteiger partial charge is 0.131 e. The van der Waals surface area contributed by atoms with Gasteiger partial charge in [0.2, 0.25) is 0 Å². The molecule has 0 saturated heterocycles. The van der Waals surface area contributed by atoms with Gasteiger partial charge in [0, 0.05) is 44.5 Å². The van der Waals surface area contributed by atoms with Crippen LogP contribution in [0.4, 0.5) is 0 Å². The van der Waals surface area contributed by atoms with E-state index < -0.39 is 46.1 Å². The van der Waals surface area contributed by atoms with E-state index in [1.807, 2.05) is 0 Å². The zero-order valence-corrected chi connectivity index (χ0v) is 43.6. The fourth-order valence-corrected chi connectivity index (χ4v) is 9.00. The minimum atomic E-state index is -0.896. The lowest BCUT2D eigenvalue weighted by atomic mass is 9.77. The van der Waals surface area contributed by atoms with E-state index in [1.54, 1.807) is 28.4 Å². The number of hydrogen-bond acceptors (Lipinski definition) is 12. The van der Waals surface area contributed by atoms with Crippen LogP contribution in [-0.2, 0) is 40.6 Å². The number of benzene rings is 4. The molecule has 0 unspecified atom stereocenters. The molecule has 68 heavy (non-hydrogen) atoms. The largest absolute Gasteiger partial charge is 0.496 e. The molecule has 12 nitrogen and oxygen atoms in total. The topological polar surface area (TPSA) is 155 Å². The van der Waals surface area contributed by atoms with Gasteiger partial charge in [0.15, 0.2) is 0 Å². The zero-order chi connectivity index (χ0) is 50.5. The second kappa shape index (κ2) is 22.2. The number of ether oxygens (including phenoxy) is 8. The van der Waals surface area contributed by atoms with Crippen LogP contribution < -0.4 is 18.9 Å². The highest BCUT2D eigenvalue weighted by Crippen LogP contribution is 2.53. The molecule has 4 aromatic carbocycles. The molecule has 0 atom stereocenters. The maximum absolute atomic E-state index is 10.5. The molecule has 376 valence electrons. The lowest BCUT2D eigenvalue weighted by Crippen LogP contribution is -2.23. The van der Waals surface area contributed by atoms with E-state index in [1.165, 1.54) is 0 Å². The SMILES string of the molecule is COc1c2cc(C(C)(C)C)cc1C(OCCO)c1cc(C(C)(C)C)cc(c1OC)C(OCCO)c1cc(C(C)(C)C)cc(c1OC)C(OCCO)c1cc(C(C)(C)C)cc(c1OC)C2OCCO. The van der Waals surface area contributed by atoms with Gasteiger partial charge in [-0.05, 0) is 92.4 Å². The minimum Gasteiger partial charge on any atom is -0.496 e. The van der Waals surface area contributed by atoms with Crippen LogP contribution in [-0.4, -0.2) is 102 Å². The Hall–Kier alpha value is -4.24. The van der Waals surface area contributed by atoms with Crippen molar-refractivity contribution in [3.63, 3.8) is 0 Å². The van der Waals surface area contributed by atoms with Crippen molar-refractivity contribution < 1.29 is 58.3 Å². The average Bonchev–Trinajstić information content (AvgIpc) is 3.27. The van der Waals surface area contributed by atoms with Gasteiger partial charge >= 0.3 is 0 Å². The van der Waals surface area contributed by atoms with Crippen molar-refractivity contribution in [1.82, 2.24) is 0 Å². The molecule has 0 heterocycles. The highest BCUT2D eigenvalue weighted by molar-refractivity contribution is 5.63. The Balaban J connectivity index is 2.25. The van der Waals surface area contributed by atoms with Crippen molar-refractivity contribution in [2.75, 3.05) is 81.3 Å². The summed E-state index contributed by atoms with van der Waals surface area (Å²) >= 11 is 0. The first kappa shape index (κ1) is 54.7. The second-order valence-electron chi connectivity index (χ2n) is 21.6. The van der Waals surface area contributed by atoms with Crippen molar-refractivity contribution in [1.29, 1.82) is 0 Å². The first-order chi connectivity index (χ1) is 31.9. The molecule has 0 aliphatic heterocycles. The van der Waals surface area contributed by atoms with Gasteiger partial charge in [-0.15, -0.1) is 0 Å². The summed E-state index contributed by atoms with van der Waals surface area (Å²) in [6.45, 7) is 24.5. The molecule has 4 N–H and O–H groups in total. The van der Waals surface area contributed by atoms with E-state index in [-0.39, 0.29) is 52.9 Å². The lowest BCUT2D eigenvalue weighted by molar-refractivity contribution is 0.0380. The van der Waals surface area contributed by atoms with Crippen molar-refractivity contribution >= 4 is 0 Å². The van der Waals surface area contributed by atoms with E-state index in [0.717, 1.165) is 22.3 Å². The summed E-state index contributed by atoms with van der Waals surface area (Å²) in [5, 5.41) is 41.9. The lowest BCUT2D eigenvalue weighted by Gasteiger charge is -2.35. The molecule has 5 rings (SSSR count). The number of fused-ring (bicyclic) bond motifs is 8. The molecular formula is C56H80O12. The van der Waals surface area contributed by atoms with Gasteiger partial charge in [0.1, 0.15) is 47.4 Å². The van der Waals surface area contributed by atoms with Crippen LogP contribution in [0.5, 0.6) is 23.0 Å². The molecule has 0 saturated carbocycles. The Morgan fingerprint density at radius 1 is 0.309 bits per heavy atom. The van der Waals surface area contributed by atoms with Gasteiger partial charge in [0.25, 0.3) is 0 Å². The van der Waals surface area contributed by atoms with Crippen molar-refractivity contribution in [2.45, 2.75) is 129 Å². The predicted molar refractivity (Wildman–Crippen MR) is 266 cm³/mol. The van der Waals surface area contributed by atoms with Crippen LogP contribution in [0.2, 0.25) is 0 Å². The fraction of sp³-hybridized carbons (Fsp3) is 0.571. The fourth-order valence-electron chi connectivity index (χ4n) is 9.00. The summed E-state index contributed by atoms with van der Waals surface area (Å²) in [5.74, 6) is 1.86. The Labute approximate surface area is 405 Å². The first-order valence-electron chi connectivity index (χ1n) is 23.7. The normalized spacial score (nSPS) is 17.8. The molecule has 1 aliphatic rings. The summed E-state index contributed by atoms with van der Waals surface area (Å²) in [6.07, 6.45) is -3.59. The van der Waals surface area contributed by atoms with Crippen LogP contribution in [0.1, 0.15) is 174 Å². The molecule has 0 fully saturated rings. The van der Waals surface area contributed by atoms with Gasteiger partial charge in [-0.3, -0.25) is 0 Å². The summed E-state index contributed by atoms with van der Waals surface area (Å²) in [4.78, 5) is 0. The number of aliphatic hydroxyl groups excluding tert-OH is 4. The number of hydrogen-bond donors (Lipinski definition) is 4. The van der Waals surface area contributed by atoms with Crippen LogP contribution in [0.15, 0.2) is 48.5 Å². The average molecular weight is 945 g/mol. The van der Waals surface area contributed by atoms with Crippen LogP contribution in [0.3, 0.4) is 0 Å². The van der Waals surface area contributed by atoms with Gasteiger partial charge in [-0.2, -0.15) is 0 Å². The Kier molecular flexibility index (Phi) is 17.9. The number of rotatable bonds is 16. The molecule has 0 aromatic heterocycles. The predicted octanol–water partition coefficient (Wildman–Crippen LogP) is 9.62. The van der Waals surface area contributed by atoms with Crippen molar-refractivity contribution in [3.8, 4) is 23.0 Å². The standard InChI is InChI=1S/C56H80O12/c1-53(2,3)33-25-37-45(61-13)38(26-33)50(66-22-18-58)40-28-35(55(7,8)9)30-42(47(40)63-15)52(68-24-20-60)44-32-36(56(10,11)12)31-43(48(44)64-16)51(67-23-19-59)41-29-34(54(4,5)6)27-39(46(41)62-14)49(37)65-21-17-57/h25-32,49-52,57-60H,17-24H2,1-16H3. The van der Waals surface area contributed by atoms with Gasteiger partial charge < -0.3 is 58.3 Å². The van der Waals surface area contributed by atoms with Crippen LogP contribution >= 0.6 is 0 Å². The quantitative estimate of drug-likeness (QED) is 0.0846. The third-order valence-electron chi connectivity index (χ3n) is 12.6. The maximum Gasteiger partial charge on any atom is 0.131 e. The number of methoxy groups -OCH3 is 4. The van der Waals surface area contributed by atoms with E-state index in [4.69, 9.17) is 37.9 Å². The summed E-state index contributed by atoms with van der Waals surface area (Å²) in [6, 6.07) is 16.7. The van der Waals surface area contributed by atoms with E-state index in [9.17, 15) is 20.4 Å². The van der Waals surface area contributed by atoms with Gasteiger partial charge in [0.05, 0.1) is 81.3 Å². The summed E-state index contributed by atoms with van der Waals surface area (Å²) in [5.41, 5.74) is 7.35. The van der Waals surface area contributed by atoms with Crippen LogP contribution in [0, 0.1) is 0 Å². The first-order valence-corrected chi connectivity index (χ1v) is 23.7. The molecule has 8 bridgehead atoms. The molecule has 0 radical (unpaired) electrons. The molecule has 4 aromatic rings. The third kappa shape index (κ3) is 11.7. The highest BCUT2D eigenvalue weighted by Gasteiger charge is 2.39. The van der Waals surface area contributed by atoms with E-state index in [2.05, 4.69) is 132 Å². The molecule has 1 aliphatic carbocycles. The Morgan fingerprint density at radius 2 is 0.456 bits per heavy atom. The van der Waals surface area contributed by atoms with Crippen molar-refractivity contribution in [3.05, 3.63) is 115 Å². The summed E-state index contributed by atoms with van der Waals surface area (Å²) < 4.78 is 53.7. The van der Waals surface area contributed by atoms with E-state index in [0.29, 0.717) is 67.5 Å². The molecular weight excluding hydrogens is 865 g/mol. The monoisotopic (exact) mass is 945 g/mol. The molecule has 12 heteroatoms. The Morgan fingerprint density at radius 3 is 0.559 bits per heavy atom. The van der Waals surface area contributed by atoms with E-state index >= 15 is 0 Å². The maximum atomic E-state index is 10.5. The van der Waals surface area contributed by atoms with Gasteiger partial charge in [-0.25, -0.2) is 0 Å². The summed E-state index contributed by atoms with van der Waals surface area (Å²) in [7, 11) is 6.48. The van der Waals surface area contributed by atoms with Crippen molar-refractivity contribution in [2.24, 2.45) is 0 Å². The van der Waals surface area contributed by atoms with Crippen LogP contribution in [0.25, 0.3) is 0 Å². The third-order valence-corrected chi connectivity index (χ3v) is 12.6. The molecule has 0 spiro atoms. The minimum absolute atomic E-state index is 0.0269. The van der Waals surface area contributed by atoms with Gasteiger partial charge in [-0.1, -0.05) is 83.1 Å².